The zero-order valence-corrected chi connectivity index (χ0v) is 25.5. The molecular weight excluding hydrogens is 551 g/mol. The van der Waals surface area contributed by atoms with Gasteiger partial charge in [-0.25, -0.2) is 9.18 Å². The van der Waals surface area contributed by atoms with E-state index in [9.17, 15) is 18.8 Å². The number of nitrogens with one attached hydrogen (secondary N) is 2. The first kappa shape index (κ1) is 31.4. The minimum Gasteiger partial charge on any atom is -0.458 e. The van der Waals surface area contributed by atoms with E-state index in [2.05, 4.69) is 10.3 Å². The molecule has 1 aromatic carbocycles. The molecule has 2 amide bonds. The topological polar surface area (TPSA) is 127 Å². The number of nitrogens with zero attached hydrogens (tertiary/aromatic N) is 1. The van der Waals surface area contributed by atoms with Crippen molar-refractivity contribution in [2.24, 2.45) is 29.4 Å². The molecule has 43 heavy (non-hydrogen) atoms. The molecule has 2 aliphatic carbocycles. The maximum Gasteiger partial charge on any atom is 0.354 e. The standard InChI is InChI=1S/C33H47FN4O5/c1-20(42-2)19-43-33(41)29-17-24-16-25(12-13-28(24)37-29)36-31(39)30-26(21-6-4-3-5-7-21)14-15-38(30)32(40)23-10-8-22(9-11-23)27(35)18-34/h12-13,16-17,20-23,26-27,30,37H,3-11,14-15,18-19,35H2,1-2H3,(H,36,39)/t20-,22?,23?,26-,27?,30-/m0/s1. The maximum absolute atomic E-state index is 14.0. The molecule has 0 bridgehead atoms. The molecule has 4 N–H and O–H groups in total. The van der Waals surface area contributed by atoms with E-state index in [0.717, 1.165) is 43.0 Å². The van der Waals surface area contributed by atoms with Crippen molar-refractivity contribution >= 4 is 34.4 Å². The molecule has 5 rings (SSSR count). The van der Waals surface area contributed by atoms with Gasteiger partial charge in [0.2, 0.25) is 11.8 Å². The van der Waals surface area contributed by atoms with Crippen molar-refractivity contribution < 1.29 is 28.2 Å². The average molecular weight is 599 g/mol. The Kier molecular flexibility index (Phi) is 10.4. The quantitative estimate of drug-likeness (QED) is 0.323. The Morgan fingerprint density at radius 2 is 1.81 bits per heavy atom. The van der Waals surface area contributed by atoms with Crippen molar-refractivity contribution in [2.45, 2.75) is 89.3 Å². The van der Waals surface area contributed by atoms with Crippen LogP contribution < -0.4 is 11.1 Å². The van der Waals surface area contributed by atoms with E-state index < -0.39 is 24.7 Å². The zero-order valence-electron chi connectivity index (χ0n) is 25.5. The molecule has 1 aromatic heterocycles. The van der Waals surface area contributed by atoms with Crippen LogP contribution in [0.3, 0.4) is 0 Å². The van der Waals surface area contributed by atoms with E-state index in [1.54, 1.807) is 13.2 Å². The van der Waals surface area contributed by atoms with Crippen LogP contribution in [0.5, 0.6) is 0 Å². The number of carbonyl (C=O) groups excluding carboxylic acids is 3. The Labute approximate surface area is 253 Å². The number of likely N-dealkylation sites (tertiary alicyclic amines) is 1. The molecule has 10 heteroatoms. The van der Waals surface area contributed by atoms with Crippen molar-refractivity contribution in [2.75, 3.05) is 32.3 Å². The highest BCUT2D eigenvalue weighted by molar-refractivity contribution is 6.01. The number of hydrogen-bond donors (Lipinski definition) is 3. The number of ether oxygens (including phenoxy) is 2. The van der Waals surface area contributed by atoms with Crippen LogP contribution in [0.15, 0.2) is 24.3 Å². The van der Waals surface area contributed by atoms with Crippen LogP contribution in [-0.2, 0) is 19.1 Å². The van der Waals surface area contributed by atoms with Gasteiger partial charge in [0.1, 0.15) is 25.0 Å². The molecule has 0 spiro atoms. The number of alkyl halides is 1. The van der Waals surface area contributed by atoms with E-state index in [4.69, 9.17) is 15.2 Å². The number of amides is 2. The second-order valence-electron chi connectivity index (χ2n) is 12.9. The number of halogens is 1. The monoisotopic (exact) mass is 598 g/mol. The summed E-state index contributed by atoms with van der Waals surface area (Å²) in [5.74, 6) is -0.0437. The number of aromatic amines is 1. The van der Waals surface area contributed by atoms with Crippen molar-refractivity contribution in [3.8, 4) is 0 Å². The predicted octanol–water partition coefficient (Wildman–Crippen LogP) is 5.20. The average Bonchev–Trinajstić information content (AvgIpc) is 3.68. The summed E-state index contributed by atoms with van der Waals surface area (Å²) >= 11 is 0. The number of aromatic nitrogens is 1. The summed E-state index contributed by atoms with van der Waals surface area (Å²) in [4.78, 5) is 45.3. The molecule has 1 unspecified atom stereocenters. The summed E-state index contributed by atoms with van der Waals surface area (Å²) in [6, 6.07) is 6.21. The lowest BCUT2D eigenvalue weighted by atomic mass is 9.76. The lowest BCUT2D eigenvalue weighted by Gasteiger charge is -2.36. The predicted molar refractivity (Wildman–Crippen MR) is 163 cm³/mol. The molecule has 0 radical (unpaired) electrons. The third kappa shape index (κ3) is 7.23. The van der Waals surface area contributed by atoms with Gasteiger partial charge in [0.25, 0.3) is 0 Å². The molecule has 1 saturated heterocycles. The van der Waals surface area contributed by atoms with Crippen molar-refractivity contribution in [1.29, 1.82) is 0 Å². The summed E-state index contributed by atoms with van der Waals surface area (Å²) in [5, 5.41) is 3.89. The largest absolute Gasteiger partial charge is 0.458 e. The van der Waals surface area contributed by atoms with Crippen LogP contribution in [0.2, 0.25) is 0 Å². The van der Waals surface area contributed by atoms with Crippen LogP contribution in [0.25, 0.3) is 10.9 Å². The smallest absolute Gasteiger partial charge is 0.354 e. The number of carbonyl (C=O) groups is 3. The van der Waals surface area contributed by atoms with Crippen LogP contribution in [0, 0.1) is 23.7 Å². The minimum atomic E-state index is -0.533. The molecule has 2 aromatic rings. The Hall–Kier alpha value is -2.98. The number of benzene rings is 1. The Balaban J connectivity index is 1.30. The van der Waals surface area contributed by atoms with E-state index in [0.29, 0.717) is 36.7 Å². The van der Waals surface area contributed by atoms with Crippen LogP contribution in [0.1, 0.15) is 81.6 Å². The van der Waals surface area contributed by atoms with Crippen molar-refractivity contribution in [3.63, 3.8) is 0 Å². The Morgan fingerprint density at radius 1 is 1.07 bits per heavy atom. The first-order chi connectivity index (χ1) is 20.8. The summed E-state index contributed by atoms with van der Waals surface area (Å²) < 4.78 is 23.6. The zero-order chi connectivity index (χ0) is 30.5. The highest BCUT2D eigenvalue weighted by atomic mass is 19.1. The molecule has 1 aliphatic heterocycles. The van der Waals surface area contributed by atoms with Gasteiger partial charge in [0.15, 0.2) is 0 Å². The van der Waals surface area contributed by atoms with Gasteiger partial charge in [-0.15, -0.1) is 0 Å². The van der Waals surface area contributed by atoms with E-state index >= 15 is 0 Å². The molecule has 4 atom stereocenters. The molecule has 9 nitrogen and oxygen atoms in total. The lowest BCUT2D eigenvalue weighted by molar-refractivity contribution is -0.142. The number of rotatable bonds is 10. The maximum atomic E-state index is 14.0. The second-order valence-corrected chi connectivity index (χ2v) is 12.9. The van der Waals surface area contributed by atoms with Gasteiger partial charge in [0.05, 0.1) is 6.10 Å². The highest BCUT2D eigenvalue weighted by Gasteiger charge is 2.47. The number of H-pyrrole nitrogens is 1. The lowest BCUT2D eigenvalue weighted by Crippen LogP contribution is -2.50. The molecule has 2 heterocycles. The molecule has 236 valence electrons. The first-order valence-corrected chi connectivity index (χ1v) is 16.0. The number of hydrogen-bond acceptors (Lipinski definition) is 6. The fraction of sp³-hybridized carbons (Fsp3) is 0.667. The SMILES string of the molecule is CO[C@@H](C)COC(=O)c1cc2cc(NC(=O)[C@@H]3[C@H](C4CCCCC4)CCN3C(=O)C3CCC(C(N)CF)CC3)ccc2[nH]1. The van der Waals surface area contributed by atoms with E-state index in [1.807, 2.05) is 30.0 Å². The Bertz CT molecular complexity index is 1270. The van der Waals surface area contributed by atoms with Gasteiger partial charge in [-0.3, -0.25) is 9.59 Å². The first-order valence-electron chi connectivity index (χ1n) is 16.0. The van der Waals surface area contributed by atoms with Gasteiger partial charge < -0.3 is 30.4 Å². The van der Waals surface area contributed by atoms with Crippen LogP contribution >= 0.6 is 0 Å². The summed E-state index contributed by atoms with van der Waals surface area (Å²) in [7, 11) is 1.56. The number of nitrogens with two attached hydrogens (primary N) is 1. The highest BCUT2D eigenvalue weighted by Crippen LogP contribution is 2.41. The van der Waals surface area contributed by atoms with Crippen LogP contribution in [0.4, 0.5) is 10.1 Å². The number of esters is 1. The fourth-order valence-corrected chi connectivity index (χ4v) is 7.49. The third-order valence-corrected chi connectivity index (χ3v) is 10.1. The van der Waals surface area contributed by atoms with E-state index in [1.165, 1.54) is 19.3 Å². The third-order valence-electron chi connectivity index (χ3n) is 10.1. The minimum absolute atomic E-state index is 0.0535. The van der Waals surface area contributed by atoms with E-state index in [-0.39, 0.29) is 42.3 Å². The normalized spacial score (nSPS) is 26.3. The molecule has 2 saturated carbocycles. The Morgan fingerprint density at radius 3 is 2.51 bits per heavy atom. The van der Waals surface area contributed by atoms with Gasteiger partial charge in [0, 0.05) is 42.2 Å². The number of anilines is 1. The van der Waals surface area contributed by atoms with Gasteiger partial charge in [-0.05, 0) is 81.0 Å². The van der Waals surface area contributed by atoms with Crippen molar-refractivity contribution in [1.82, 2.24) is 9.88 Å². The van der Waals surface area contributed by atoms with Gasteiger partial charge >= 0.3 is 5.97 Å². The number of fused-ring (bicyclic) bond motifs is 1. The van der Waals surface area contributed by atoms with Gasteiger partial charge in [-0.1, -0.05) is 32.1 Å². The van der Waals surface area contributed by atoms with Crippen LogP contribution in [-0.4, -0.2) is 72.8 Å². The molecule has 3 fully saturated rings. The molecule has 3 aliphatic rings. The number of methoxy groups -OCH3 is 1. The molecular formula is C33H47FN4O5. The summed E-state index contributed by atoms with van der Waals surface area (Å²) in [6.07, 6.45) is 9.26. The van der Waals surface area contributed by atoms with Crippen molar-refractivity contribution in [3.05, 3.63) is 30.0 Å². The van der Waals surface area contributed by atoms with Gasteiger partial charge in [-0.2, -0.15) is 0 Å². The summed E-state index contributed by atoms with van der Waals surface area (Å²) in [5.41, 5.74) is 7.66. The second kappa shape index (κ2) is 14.2. The summed E-state index contributed by atoms with van der Waals surface area (Å²) in [6.45, 7) is 2.03. The fourth-order valence-electron chi connectivity index (χ4n) is 7.49.